The van der Waals surface area contributed by atoms with Gasteiger partial charge in [-0.25, -0.2) is 13.6 Å². The van der Waals surface area contributed by atoms with Gasteiger partial charge in [0.2, 0.25) is 0 Å². The molecule has 1 aliphatic heterocycles. The first-order valence-electron chi connectivity index (χ1n) is 9.79. The van der Waals surface area contributed by atoms with E-state index in [2.05, 4.69) is 5.32 Å². The van der Waals surface area contributed by atoms with Gasteiger partial charge in [-0.15, -0.1) is 0 Å². The normalized spacial score (nSPS) is 21.1. The third-order valence-electron chi connectivity index (χ3n) is 6.13. The number of primary amides is 1. The Morgan fingerprint density at radius 2 is 2.00 bits per heavy atom. The monoisotopic (exact) mass is 435 g/mol. The van der Waals surface area contributed by atoms with Crippen LogP contribution in [-0.4, -0.2) is 45.1 Å². The van der Waals surface area contributed by atoms with Crippen molar-refractivity contribution in [2.45, 2.75) is 49.7 Å². The fraction of sp³-hybridized carbons (Fsp3) is 0.450. The van der Waals surface area contributed by atoms with Gasteiger partial charge in [0, 0.05) is 36.0 Å². The van der Waals surface area contributed by atoms with Crippen molar-refractivity contribution in [2.75, 3.05) is 6.54 Å². The molecule has 0 unspecified atom stereocenters. The predicted octanol–water partition coefficient (Wildman–Crippen LogP) is 3.11. The van der Waals surface area contributed by atoms with Crippen LogP contribution >= 0.6 is 11.6 Å². The highest BCUT2D eigenvalue weighted by molar-refractivity contribution is 6.30. The molecule has 30 heavy (non-hydrogen) atoms. The van der Waals surface area contributed by atoms with Crippen LogP contribution in [0.5, 0.6) is 0 Å². The number of alkyl halides is 2. The van der Waals surface area contributed by atoms with Crippen molar-refractivity contribution in [3.8, 4) is 11.3 Å². The fourth-order valence-electron chi connectivity index (χ4n) is 4.43. The average Bonchev–Trinajstić information content (AvgIpc) is 3.28. The van der Waals surface area contributed by atoms with Crippen molar-refractivity contribution in [1.29, 1.82) is 0 Å². The number of nitrogens with one attached hydrogen (secondary N) is 1. The summed E-state index contributed by atoms with van der Waals surface area (Å²) in [5, 5.41) is 7.88. The molecule has 1 aromatic carbocycles. The first-order valence-corrected chi connectivity index (χ1v) is 10.2. The summed E-state index contributed by atoms with van der Waals surface area (Å²) in [6.07, 6.45) is 0.919. The minimum Gasteiger partial charge on any atom is -0.365 e. The lowest BCUT2D eigenvalue weighted by molar-refractivity contribution is -0.0904. The molecule has 2 fully saturated rings. The molecule has 3 N–H and O–H groups in total. The zero-order valence-electron chi connectivity index (χ0n) is 16.0. The van der Waals surface area contributed by atoms with E-state index in [4.69, 9.17) is 22.4 Å². The van der Waals surface area contributed by atoms with E-state index in [0.29, 0.717) is 28.5 Å². The zero-order valence-corrected chi connectivity index (χ0v) is 16.8. The van der Waals surface area contributed by atoms with E-state index in [1.807, 2.05) is 4.68 Å². The Kier molecular flexibility index (Phi) is 4.12. The molecule has 10 heteroatoms. The molecular weight excluding hydrogens is 416 g/mol. The molecule has 0 atom stereocenters. The predicted molar refractivity (Wildman–Crippen MR) is 105 cm³/mol. The molecule has 1 spiro atoms. The first kappa shape index (κ1) is 19.3. The SMILES string of the molecule is NC(=O)c1c(-c2cccc(Cl)c2)nn2c1CN(C(=O)NC1CC(F)(F)C1)CC21CC1. The van der Waals surface area contributed by atoms with Crippen LogP contribution in [0, 0.1) is 0 Å². The number of urea groups is 1. The number of hydrogen-bond acceptors (Lipinski definition) is 3. The summed E-state index contributed by atoms with van der Waals surface area (Å²) >= 11 is 6.11. The van der Waals surface area contributed by atoms with Crippen LogP contribution in [-0.2, 0) is 12.1 Å². The zero-order chi connectivity index (χ0) is 21.3. The number of hydrogen-bond donors (Lipinski definition) is 2. The maximum atomic E-state index is 13.1. The summed E-state index contributed by atoms with van der Waals surface area (Å²) in [7, 11) is 0. The lowest BCUT2D eigenvalue weighted by atomic mass is 9.88. The molecule has 3 amide bonds. The quantitative estimate of drug-likeness (QED) is 0.775. The van der Waals surface area contributed by atoms with E-state index in [0.717, 1.165) is 12.8 Å². The lowest BCUT2D eigenvalue weighted by Crippen LogP contribution is -2.56. The third kappa shape index (κ3) is 3.12. The summed E-state index contributed by atoms with van der Waals surface area (Å²) in [5.74, 6) is -3.34. The van der Waals surface area contributed by atoms with Crippen molar-refractivity contribution < 1.29 is 18.4 Å². The number of fused-ring (bicyclic) bond motifs is 2. The van der Waals surface area contributed by atoms with E-state index < -0.39 is 29.4 Å². The Labute approximate surface area is 176 Å². The van der Waals surface area contributed by atoms with Gasteiger partial charge in [-0.05, 0) is 25.0 Å². The molecule has 3 aliphatic rings. The molecule has 158 valence electrons. The van der Waals surface area contributed by atoms with E-state index in [9.17, 15) is 18.4 Å². The molecule has 1 aromatic heterocycles. The molecule has 0 radical (unpaired) electrons. The molecule has 2 aliphatic carbocycles. The molecule has 0 bridgehead atoms. The Morgan fingerprint density at radius 3 is 2.60 bits per heavy atom. The summed E-state index contributed by atoms with van der Waals surface area (Å²) < 4.78 is 28.0. The number of amides is 3. The second kappa shape index (κ2) is 6.41. The second-order valence-electron chi connectivity index (χ2n) is 8.45. The number of carbonyl (C=O) groups is 2. The van der Waals surface area contributed by atoms with Crippen LogP contribution in [0.25, 0.3) is 11.3 Å². The number of benzene rings is 1. The van der Waals surface area contributed by atoms with Crippen molar-refractivity contribution in [3.63, 3.8) is 0 Å². The molecule has 5 rings (SSSR count). The van der Waals surface area contributed by atoms with Gasteiger partial charge in [-0.1, -0.05) is 23.7 Å². The third-order valence-corrected chi connectivity index (χ3v) is 6.37. The number of rotatable bonds is 3. The number of nitrogens with zero attached hydrogens (tertiary/aromatic N) is 3. The fourth-order valence-corrected chi connectivity index (χ4v) is 4.62. The van der Waals surface area contributed by atoms with Crippen LogP contribution in [0.3, 0.4) is 0 Å². The van der Waals surface area contributed by atoms with Gasteiger partial charge in [0.25, 0.3) is 11.8 Å². The van der Waals surface area contributed by atoms with Gasteiger partial charge in [0.15, 0.2) is 0 Å². The molecular formula is C20H20ClF2N5O2. The van der Waals surface area contributed by atoms with Crippen molar-refractivity contribution in [1.82, 2.24) is 20.0 Å². The highest BCUT2D eigenvalue weighted by atomic mass is 35.5. The van der Waals surface area contributed by atoms with Gasteiger partial charge >= 0.3 is 6.03 Å². The lowest BCUT2D eigenvalue weighted by Gasteiger charge is -2.39. The van der Waals surface area contributed by atoms with Gasteiger partial charge in [0.05, 0.1) is 23.3 Å². The Morgan fingerprint density at radius 1 is 1.27 bits per heavy atom. The maximum absolute atomic E-state index is 13.1. The van der Waals surface area contributed by atoms with Crippen LogP contribution in [0.4, 0.5) is 13.6 Å². The number of halogens is 3. The van der Waals surface area contributed by atoms with E-state index in [-0.39, 0.29) is 24.9 Å². The summed E-state index contributed by atoms with van der Waals surface area (Å²) in [4.78, 5) is 26.7. The number of carbonyl (C=O) groups excluding carboxylic acids is 2. The van der Waals surface area contributed by atoms with E-state index in [1.54, 1.807) is 29.2 Å². The minimum atomic E-state index is -2.71. The standard InChI is InChI=1S/C20H20ClF2N5O2/c21-12-3-1-2-11(6-12)16-15(17(24)29)14-9-27(10-19(4-5-19)28(14)26-16)18(30)25-13-7-20(22,23)8-13/h1-3,6,13H,4-5,7-10H2,(H2,24,29)(H,25,30). The highest BCUT2D eigenvalue weighted by Gasteiger charge is 2.53. The number of nitrogens with two attached hydrogens (primary N) is 1. The highest BCUT2D eigenvalue weighted by Crippen LogP contribution is 2.49. The van der Waals surface area contributed by atoms with Crippen LogP contribution in [0.2, 0.25) is 5.02 Å². The average molecular weight is 436 g/mol. The largest absolute Gasteiger partial charge is 0.365 e. The van der Waals surface area contributed by atoms with E-state index >= 15 is 0 Å². The van der Waals surface area contributed by atoms with E-state index in [1.165, 1.54) is 0 Å². The van der Waals surface area contributed by atoms with Gasteiger partial charge < -0.3 is 16.0 Å². The molecule has 2 saturated carbocycles. The molecule has 0 saturated heterocycles. The molecule has 2 aromatic rings. The van der Waals surface area contributed by atoms with Crippen LogP contribution in [0.15, 0.2) is 24.3 Å². The number of aromatic nitrogens is 2. The first-order chi connectivity index (χ1) is 14.2. The minimum absolute atomic E-state index is 0.128. The summed E-state index contributed by atoms with van der Waals surface area (Å²) in [5.41, 5.74) is 7.24. The Balaban J connectivity index is 1.48. The topological polar surface area (TPSA) is 93.2 Å². The smallest absolute Gasteiger partial charge is 0.318 e. The van der Waals surface area contributed by atoms with Crippen molar-refractivity contribution >= 4 is 23.5 Å². The molecule has 2 heterocycles. The van der Waals surface area contributed by atoms with Crippen molar-refractivity contribution in [2.24, 2.45) is 5.73 Å². The van der Waals surface area contributed by atoms with Crippen LogP contribution in [0.1, 0.15) is 41.7 Å². The summed E-state index contributed by atoms with van der Waals surface area (Å²) in [6.45, 7) is 0.534. The van der Waals surface area contributed by atoms with Crippen molar-refractivity contribution in [3.05, 3.63) is 40.5 Å². The Bertz CT molecular complexity index is 1060. The van der Waals surface area contributed by atoms with Gasteiger partial charge in [-0.2, -0.15) is 5.10 Å². The van der Waals surface area contributed by atoms with Gasteiger partial charge in [0.1, 0.15) is 5.69 Å². The maximum Gasteiger partial charge on any atom is 0.318 e. The summed E-state index contributed by atoms with van der Waals surface area (Å²) in [6, 6.07) is 6.06. The second-order valence-corrected chi connectivity index (χ2v) is 8.88. The van der Waals surface area contributed by atoms with Gasteiger partial charge in [-0.3, -0.25) is 9.48 Å². The Hall–Kier alpha value is -2.68. The molecule has 7 nitrogen and oxygen atoms in total. The van der Waals surface area contributed by atoms with Crippen LogP contribution < -0.4 is 11.1 Å².